The predicted octanol–water partition coefficient (Wildman–Crippen LogP) is 3.58. The van der Waals surface area contributed by atoms with Crippen LogP contribution in [0.25, 0.3) is 10.9 Å². The average molecular weight is 274 g/mol. The maximum atomic E-state index is 13.6. The molecular weight excluding hydrogens is 264 g/mol. The van der Waals surface area contributed by atoms with E-state index in [0.29, 0.717) is 16.6 Å². The van der Waals surface area contributed by atoms with E-state index in [1.807, 2.05) is 13.8 Å². The molecule has 17 heavy (non-hydrogen) atoms. The largest absolute Gasteiger partial charge is 0.323 e. The van der Waals surface area contributed by atoms with Crippen molar-refractivity contribution in [3.05, 3.63) is 33.2 Å². The van der Waals surface area contributed by atoms with E-state index in [-0.39, 0.29) is 10.0 Å². The van der Waals surface area contributed by atoms with E-state index in [0.717, 1.165) is 11.3 Å². The van der Waals surface area contributed by atoms with Gasteiger partial charge in [0.1, 0.15) is 0 Å². The Bertz CT molecular complexity index is 608. The van der Waals surface area contributed by atoms with Crippen LogP contribution in [-0.4, -0.2) is 4.98 Å². The third-order valence-corrected chi connectivity index (χ3v) is 3.37. The summed E-state index contributed by atoms with van der Waals surface area (Å²) in [5, 5.41) is 0.316. The molecular formula is C11H10Cl2FN3. The van der Waals surface area contributed by atoms with Crippen molar-refractivity contribution in [2.75, 3.05) is 5.43 Å². The van der Waals surface area contributed by atoms with E-state index >= 15 is 0 Å². The summed E-state index contributed by atoms with van der Waals surface area (Å²) >= 11 is 11.7. The van der Waals surface area contributed by atoms with Crippen LogP contribution in [0, 0.1) is 19.7 Å². The molecule has 3 N–H and O–H groups in total. The molecule has 0 aliphatic rings. The van der Waals surface area contributed by atoms with Crippen molar-refractivity contribution in [2.24, 2.45) is 5.84 Å². The van der Waals surface area contributed by atoms with Crippen LogP contribution in [0.5, 0.6) is 0 Å². The first-order valence-electron chi connectivity index (χ1n) is 4.88. The quantitative estimate of drug-likeness (QED) is 0.474. The fraction of sp³-hybridized carbons (Fsp3) is 0.182. The van der Waals surface area contributed by atoms with E-state index in [4.69, 9.17) is 29.0 Å². The van der Waals surface area contributed by atoms with Crippen LogP contribution in [0.3, 0.4) is 0 Å². The Labute approximate surface area is 108 Å². The summed E-state index contributed by atoms with van der Waals surface area (Å²) in [6.45, 7) is 3.67. The summed E-state index contributed by atoms with van der Waals surface area (Å²) in [7, 11) is 0. The Kier molecular flexibility index (Phi) is 3.12. The molecule has 90 valence electrons. The Morgan fingerprint density at radius 2 is 2.00 bits per heavy atom. The number of fused-ring (bicyclic) bond motifs is 1. The molecule has 0 aliphatic heterocycles. The number of pyridine rings is 1. The first-order chi connectivity index (χ1) is 7.97. The van der Waals surface area contributed by atoms with Crippen molar-refractivity contribution < 1.29 is 4.39 Å². The van der Waals surface area contributed by atoms with Crippen molar-refractivity contribution in [3.63, 3.8) is 0 Å². The number of hydrogen-bond donors (Lipinski definition) is 2. The zero-order valence-corrected chi connectivity index (χ0v) is 10.7. The van der Waals surface area contributed by atoms with E-state index in [1.54, 1.807) is 0 Å². The lowest BCUT2D eigenvalue weighted by Gasteiger charge is -2.13. The number of nitrogens with zero attached hydrogens (tertiary/aromatic N) is 1. The summed E-state index contributed by atoms with van der Waals surface area (Å²) < 4.78 is 13.6. The highest BCUT2D eigenvalue weighted by Gasteiger charge is 2.17. The van der Waals surface area contributed by atoms with Crippen LogP contribution in [0.15, 0.2) is 6.07 Å². The molecule has 0 atom stereocenters. The Morgan fingerprint density at radius 3 is 2.59 bits per heavy atom. The van der Waals surface area contributed by atoms with Gasteiger partial charge < -0.3 is 5.43 Å². The molecule has 2 rings (SSSR count). The second-order valence-corrected chi connectivity index (χ2v) is 4.51. The minimum absolute atomic E-state index is 0.0544. The number of aromatic nitrogens is 1. The molecule has 6 heteroatoms. The third-order valence-electron chi connectivity index (χ3n) is 2.74. The number of nitrogen functional groups attached to an aromatic ring is 1. The smallest absolute Gasteiger partial charge is 0.161 e. The number of nitrogens with two attached hydrogens (primary N) is 1. The predicted molar refractivity (Wildman–Crippen MR) is 69.0 cm³/mol. The first kappa shape index (κ1) is 12.4. The highest BCUT2D eigenvalue weighted by Crippen LogP contribution is 2.37. The molecule has 0 fully saturated rings. The van der Waals surface area contributed by atoms with Crippen molar-refractivity contribution >= 4 is 39.8 Å². The van der Waals surface area contributed by atoms with Crippen LogP contribution in [0.1, 0.15) is 11.3 Å². The summed E-state index contributed by atoms with van der Waals surface area (Å²) in [6.07, 6.45) is 0. The summed E-state index contributed by atoms with van der Waals surface area (Å²) in [5.74, 6) is 4.79. The summed E-state index contributed by atoms with van der Waals surface area (Å²) in [5.41, 5.74) is 5.21. The molecule has 1 heterocycles. The third kappa shape index (κ3) is 1.82. The SMILES string of the molecule is Cc1nc2cc(Cl)c(F)c(Cl)c2c(NN)c1C. The van der Waals surface area contributed by atoms with Gasteiger partial charge in [0, 0.05) is 11.1 Å². The average Bonchev–Trinajstić information content (AvgIpc) is 2.29. The second kappa shape index (κ2) is 4.29. The van der Waals surface area contributed by atoms with Gasteiger partial charge in [0.15, 0.2) is 5.82 Å². The molecule has 0 unspecified atom stereocenters. The number of hydrogen-bond acceptors (Lipinski definition) is 3. The van der Waals surface area contributed by atoms with Gasteiger partial charge in [-0.25, -0.2) is 4.39 Å². The van der Waals surface area contributed by atoms with Gasteiger partial charge in [-0.1, -0.05) is 23.2 Å². The fourth-order valence-electron chi connectivity index (χ4n) is 1.72. The van der Waals surface area contributed by atoms with Gasteiger partial charge >= 0.3 is 0 Å². The molecule has 0 bridgehead atoms. The number of nitrogens with one attached hydrogen (secondary N) is 1. The number of halogens is 3. The van der Waals surface area contributed by atoms with E-state index < -0.39 is 5.82 Å². The zero-order chi connectivity index (χ0) is 12.7. The lowest BCUT2D eigenvalue weighted by atomic mass is 10.1. The Hall–Kier alpha value is -1.10. The fourth-order valence-corrected chi connectivity index (χ4v) is 2.26. The minimum atomic E-state index is -0.664. The van der Waals surface area contributed by atoms with E-state index in [9.17, 15) is 4.39 Å². The van der Waals surface area contributed by atoms with Gasteiger partial charge in [0.2, 0.25) is 0 Å². The standard InChI is InChI=1S/C11H10Cl2FN3/c1-4-5(2)16-7-3-6(12)10(14)9(13)8(7)11(4)17-15/h3H,15H2,1-2H3,(H,16,17). The topological polar surface area (TPSA) is 50.9 Å². The van der Waals surface area contributed by atoms with Gasteiger partial charge in [0.05, 0.1) is 21.2 Å². The van der Waals surface area contributed by atoms with E-state index in [1.165, 1.54) is 6.07 Å². The van der Waals surface area contributed by atoms with Crippen molar-refractivity contribution in [1.82, 2.24) is 4.98 Å². The summed E-state index contributed by atoms with van der Waals surface area (Å²) in [4.78, 5) is 4.32. The van der Waals surface area contributed by atoms with Crippen LogP contribution in [0.2, 0.25) is 10.0 Å². The van der Waals surface area contributed by atoms with Crippen molar-refractivity contribution in [2.45, 2.75) is 13.8 Å². The van der Waals surface area contributed by atoms with Crippen LogP contribution in [-0.2, 0) is 0 Å². The zero-order valence-electron chi connectivity index (χ0n) is 9.24. The molecule has 0 amide bonds. The van der Waals surface area contributed by atoms with Gasteiger partial charge in [-0.05, 0) is 25.5 Å². The Balaban J connectivity index is 3.02. The van der Waals surface area contributed by atoms with E-state index in [2.05, 4.69) is 10.4 Å². The summed E-state index contributed by atoms with van der Waals surface area (Å²) in [6, 6.07) is 1.44. The van der Waals surface area contributed by atoms with Crippen molar-refractivity contribution in [3.8, 4) is 0 Å². The molecule has 0 saturated carbocycles. The van der Waals surface area contributed by atoms with Gasteiger partial charge in [-0.3, -0.25) is 10.8 Å². The monoisotopic (exact) mass is 273 g/mol. The number of anilines is 1. The van der Waals surface area contributed by atoms with Gasteiger partial charge in [0.25, 0.3) is 0 Å². The Morgan fingerprint density at radius 1 is 1.35 bits per heavy atom. The van der Waals surface area contributed by atoms with Crippen LogP contribution < -0.4 is 11.3 Å². The highest BCUT2D eigenvalue weighted by atomic mass is 35.5. The normalized spacial score (nSPS) is 10.9. The molecule has 3 nitrogen and oxygen atoms in total. The number of hydrazine groups is 1. The van der Waals surface area contributed by atoms with Crippen LogP contribution in [0.4, 0.5) is 10.1 Å². The lowest BCUT2D eigenvalue weighted by molar-refractivity contribution is 0.630. The number of benzene rings is 1. The molecule has 1 aromatic carbocycles. The highest BCUT2D eigenvalue weighted by molar-refractivity contribution is 6.39. The van der Waals surface area contributed by atoms with Crippen molar-refractivity contribution in [1.29, 1.82) is 0 Å². The van der Waals surface area contributed by atoms with Crippen LogP contribution >= 0.6 is 23.2 Å². The molecule has 0 spiro atoms. The molecule has 0 aliphatic carbocycles. The molecule has 0 radical (unpaired) electrons. The number of rotatable bonds is 1. The molecule has 2 aromatic rings. The maximum absolute atomic E-state index is 13.6. The van der Waals surface area contributed by atoms with Gasteiger partial charge in [-0.15, -0.1) is 0 Å². The molecule has 0 saturated heterocycles. The lowest BCUT2D eigenvalue weighted by Crippen LogP contribution is -2.10. The first-order valence-corrected chi connectivity index (χ1v) is 5.64. The van der Waals surface area contributed by atoms with Gasteiger partial charge in [-0.2, -0.15) is 0 Å². The second-order valence-electron chi connectivity index (χ2n) is 3.72. The minimum Gasteiger partial charge on any atom is -0.323 e. The maximum Gasteiger partial charge on any atom is 0.161 e. The number of aryl methyl sites for hydroxylation is 1. The molecule has 1 aromatic heterocycles.